The summed E-state index contributed by atoms with van der Waals surface area (Å²) in [5.74, 6) is 1.24. The van der Waals surface area contributed by atoms with Gasteiger partial charge in [-0.25, -0.2) is 4.99 Å². The van der Waals surface area contributed by atoms with E-state index < -0.39 is 6.04 Å². The molecule has 3 heterocycles. The molecule has 0 saturated carbocycles. The van der Waals surface area contributed by atoms with E-state index in [1.807, 2.05) is 4.90 Å². The summed E-state index contributed by atoms with van der Waals surface area (Å²) in [5.41, 5.74) is 0.589. The summed E-state index contributed by atoms with van der Waals surface area (Å²) in [5, 5.41) is 5.62. The molecule has 27 heavy (non-hydrogen) atoms. The van der Waals surface area contributed by atoms with Gasteiger partial charge in [0.05, 0.1) is 6.42 Å². The van der Waals surface area contributed by atoms with E-state index in [0.29, 0.717) is 36.4 Å². The SMILES string of the molecule is CN1CCN(C2=NC(C(=O)Nc3ccc4c(c3)OCCO4)CC(=O)N2)CC1. The maximum absolute atomic E-state index is 12.7. The van der Waals surface area contributed by atoms with Gasteiger partial charge in [0, 0.05) is 37.9 Å². The van der Waals surface area contributed by atoms with Crippen molar-refractivity contribution in [2.24, 2.45) is 4.99 Å². The van der Waals surface area contributed by atoms with Crippen molar-refractivity contribution in [1.82, 2.24) is 15.1 Å². The molecule has 1 saturated heterocycles. The number of amides is 2. The maximum Gasteiger partial charge on any atom is 0.249 e. The quantitative estimate of drug-likeness (QED) is 0.751. The van der Waals surface area contributed by atoms with E-state index in [2.05, 4.69) is 27.6 Å². The lowest BCUT2D eigenvalue weighted by atomic mass is 10.1. The molecular formula is C18H23N5O4. The average Bonchev–Trinajstić information content (AvgIpc) is 2.68. The molecule has 9 heteroatoms. The number of carbonyl (C=O) groups excluding carboxylic acids is 2. The molecule has 1 aromatic carbocycles. The van der Waals surface area contributed by atoms with Crippen LogP contribution in [0.25, 0.3) is 0 Å². The Balaban J connectivity index is 1.45. The average molecular weight is 373 g/mol. The van der Waals surface area contributed by atoms with Crippen LogP contribution >= 0.6 is 0 Å². The molecule has 2 N–H and O–H groups in total. The van der Waals surface area contributed by atoms with E-state index in [0.717, 1.165) is 26.2 Å². The minimum absolute atomic E-state index is 0.0353. The van der Waals surface area contributed by atoms with Crippen molar-refractivity contribution in [1.29, 1.82) is 0 Å². The van der Waals surface area contributed by atoms with Gasteiger partial charge < -0.3 is 24.6 Å². The van der Waals surface area contributed by atoms with Crippen LogP contribution in [0.4, 0.5) is 5.69 Å². The van der Waals surface area contributed by atoms with Crippen molar-refractivity contribution >= 4 is 23.5 Å². The third-order valence-corrected chi connectivity index (χ3v) is 4.82. The predicted molar refractivity (Wildman–Crippen MR) is 99.1 cm³/mol. The summed E-state index contributed by atoms with van der Waals surface area (Å²) in [6, 6.07) is 4.48. The number of rotatable bonds is 2. The number of nitrogens with one attached hydrogen (secondary N) is 2. The lowest BCUT2D eigenvalue weighted by molar-refractivity contribution is -0.125. The van der Waals surface area contributed by atoms with Crippen LogP contribution in [-0.4, -0.2) is 80.1 Å². The second-order valence-corrected chi connectivity index (χ2v) is 6.86. The molecule has 0 bridgehead atoms. The van der Waals surface area contributed by atoms with Crippen LogP contribution in [0.1, 0.15) is 6.42 Å². The van der Waals surface area contributed by atoms with Crippen LogP contribution in [0.5, 0.6) is 11.5 Å². The van der Waals surface area contributed by atoms with E-state index in [-0.39, 0.29) is 18.2 Å². The summed E-state index contributed by atoms with van der Waals surface area (Å²) in [6.45, 7) is 4.32. The number of benzene rings is 1. The van der Waals surface area contributed by atoms with Gasteiger partial charge in [0.15, 0.2) is 11.5 Å². The monoisotopic (exact) mass is 373 g/mol. The number of nitrogens with zero attached hydrogens (tertiary/aromatic N) is 3. The number of piperazine rings is 1. The number of hydrogen-bond donors (Lipinski definition) is 2. The second-order valence-electron chi connectivity index (χ2n) is 6.86. The molecule has 2 amide bonds. The number of hydrogen-bond acceptors (Lipinski definition) is 7. The van der Waals surface area contributed by atoms with Gasteiger partial charge in [0.2, 0.25) is 17.8 Å². The largest absolute Gasteiger partial charge is 0.486 e. The van der Waals surface area contributed by atoms with Gasteiger partial charge in [-0.2, -0.15) is 0 Å². The summed E-state index contributed by atoms with van der Waals surface area (Å²) < 4.78 is 11.0. The zero-order chi connectivity index (χ0) is 18.8. The third kappa shape index (κ3) is 3.97. The van der Waals surface area contributed by atoms with Crippen LogP contribution in [0.3, 0.4) is 0 Å². The highest BCUT2D eigenvalue weighted by Gasteiger charge is 2.30. The van der Waals surface area contributed by atoms with Crippen molar-refractivity contribution < 1.29 is 19.1 Å². The first-order valence-corrected chi connectivity index (χ1v) is 9.10. The number of fused-ring (bicyclic) bond motifs is 1. The molecular weight excluding hydrogens is 350 g/mol. The van der Waals surface area contributed by atoms with E-state index in [1.165, 1.54) is 0 Å². The van der Waals surface area contributed by atoms with Crippen molar-refractivity contribution in [3.8, 4) is 11.5 Å². The molecule has 0 radical (unpaired) electrons. The van der Waals surface area contributed by atoms with Crippen LogP contribution in [-0.2, 0) is 9.59 Å². The highest BCUT2D eigenvalue weighted by Crippen LogP contribution is 2.32. The Labute approximate surface area is 157 Å². The van der Waals surface area contributed by atoms with Crippen LogP contribution in [0.2, 0.25) is 0 Å². The normalized spacial score (nSPS) is 22.7. The molecule has 1 aromatic rings. The standard InChI is InChI=1S/C18H23N5O4/c1-22-4-6-23(7-5-22)18-20-13(11-16(24)21-18)17(25)19-12-2-3-14-15(10-12)27-9-8-26-14/h2-3,10,13H,4-9,11H2,1H3,(H,19,25)(H,20,21,24). The van der Waals surface area contributed by atoms with Crippen molar-refractivity contribution in [2.75, 3.05) is 51.8 Å². The molecule has 4 rings (SSSR count). The number of guanidine groups is 1. The third-order valence-electron chi connectivity index (χ3n) is 4.82. The van der Waals surface area contributed by atoms with Gasteiger partial charge in [-0.3, -0.25) is 14.9 Å². The van der Waals surface area contributed by atoms with Crippen molar-refractivity contribution in [3.05, 3.63) is 18.2 Å². The Kier molecular flexibility index (Phi) is 4.85. The van der Waals surface area contributed by atoms with E-state index in [4.69, 9.17) is 9.47 Å². The van der Waals surface area contributed by atoms with Crippen LogP contribution in [0, 0.1) is 0 Å². The van der Waals surface area contributed by atoms with Gasteiger partial charge >= 0.3 is 0 Å². The molecule has 144 valence electrons. The highest BCUT2D eigenvalue weighted by molar-refractivity contribution is 6.06. The first-order valence-electron chi connectivity index (χ1n) is 9.10. The fraction of sp³-hybridized carbons (Fsp3) is 0.500. The topological polar surface area (TPSA) is 95.5 Å². The molecule has 3 aliphatic heterocycles. The summed E-state index contributed by atoms with van der Waals surface area (Å²) >= 11 is 0. The fourth-order valence-corrected chi connectivity index (χ4v) is 3.25. The Hall–Kier alpha value is -2.81. The minimum atomic E-state index is -0.749. The van der Waals surface area contributed by atoms with Gasteiger partial charge in [-0.15, -0.1) is 0 Å². The van der Waals surface area contributed by atoms with Crippen molar-refractivity contribution in [3.63, 3.8) is 0 Å². The molecule has 9 nitrogen and oxygen atoms in total. The molecule has 0 aliphatic carbocycles. The van der Waals surface area contributed by atoms with Gasteiger partial charge in [0.1, 0.15) is 19.3 Å². The van der Waals surface area contributed by atoms with Gasteiger partial charge in [-0.1, -0.05) is 0 Å². The van der Waals surface area contributed by atoms with E-state index in [9.17, 15) is 9.59 Å². The zero-order valence-corrected chi connectivity index (χ0v) is 15.2. The first-order chi connectivity index (χ1) is 13.1. The van der Waals surface area contributed by atoms with Crippen molar-refractivity contribution in [2.45, 2.75) is 12.5 Å². The summed E-state index contributed by atoms with van der Waals surface area (Å²) in [7, 11) is 2.06. The van der Waals surface area contributed by atoms with Gasteiger partial charge in [-0.05, 0) is 19.2 Å². The van der Waals surface area contributed by atoms with E-state index >= 15 is 0 Å². The number of ether oxygens (including phenoxy) is 2. The Morgan fingerprint density at radius 3 is 2.70 bits per heavy atom. The van der Waals surface area contributed by atoms with E-state index in [1.54, 1.807) is 18.2 Å². The summed E-state index contributed by atoms with van der Waals surface area (Å²) in [4.78, 5) is 33.5. The minimum Gasteiger partial charge on any atom is -0.486 e. The smallest absolute Gasteiger partial charge is 0.249 e. The number of carbonyl (C=O) groups is 2. The number of likely N-dealkylation sites (N-methyl/N-ethyl adjacent to an activating group) is 1. The zero-order valence-electron chi connectivity index (χ0n) is 15.2. The lowest BCUT2D eigenvalue weighted by Gasteiger charge is -2.36. The highest BCUT2D eigenvalue weighted by atomic mass is 16.6. The molecule has 0 aromatic heterocycles. The Morgan fingerprint density at radius 1 is 1.19 bits per heavy atom. The predicted octanol–water partition coefficient (Wildman–Crippen LogP) is -0.112. The maximum atomic E-state index is 12.7. The second kappa shape index (κ2) is 7.43. The van der Waals surface area contributed by atoms with Crippen LogP contribution < -0.4 is 20.1 Å². The molecule has 3 aliphatic rings. The molecule has 1 atom stereocenters. The lowest BCUT2D eigenvalue weighted by Crippen LogP contribution is -2.55. The van der Waals surface area contributed by atoms with Gasteiger partial charge in [0.25, 0.3) is 0 Å². The van der Waals surface area contributed by atoms with Crippen LogP contribution in [0.15, 0.2) is 23.2 Å². The number of anilines is 1. The fourth-order valence-electron chi connectivity index (χ4n) is 3.25. The Bertz CT molecular complexity index is 773. The first kappa shape index (κ1) is 17.6. The Morgan fingerprint density at radius 2 is 1.93 bits per heavy atom. The molecule has 1 unspecified atom stereocenters. The number of aliphatic imine (C=N–C) groups is 1. The summed E-state index contributed by atoms with van der Waals surface area (Å²) in [6.07, 6.45) is 0.0353. The molecule has 0 spiro atoms. The molecule has 1 fully saturated rings.